The maximum atomic E-state index is 6.07. The van der Waals surface area contributed by atoms with Gasteiger partial charge in [-0.05, 0) is 43.2 Å². The first-order chi connectivity index (χ1) is 11.3. The number of benzene rings is 1. The molecular formula is C22H30O2. The van der Waals surface area contributed by atoms with E-state index in [1.165, 1.54) is 16.7 Å². The second-order valence-corrected chi connectivity index (χ2v) is 8.31. The fourth-order valence-corrected chi connectivity index (χ4v) is 4.69. The average Bonchev–Trinajstić information content (AvgIpc) is 2.83. The summed E-state index contributed by atoms with van der Waals surface area (Å²) >= 11 is 0. The Morgan fingerprint density at radius 1 is 1.12 bits per heavy atom. The van der Waals surface area contributed by atoms with Crippen molar-refractivity contribution in [1.29, 1.82) is 0 Å². The van der Waals surface area contributed by atoms with Gasteiger partial charge in [0.25, 0.3) is 0 Å². The molecule has 1 saturated carbocycles. The van der Waals surface area contributed by atoms with E-state index >= 15 is 0 Å². The molecule has 0 unspecified atom stereocenters. The molecule has 1 spiro atoms. The molecule has 1 aromatic rings. The molecule has 0 N–H and O–H groups in total. The van der Waals surface area contributed by atoms with Gasteiger partial charge in [0.15, 0.2) is 5.79 Å². The molecule has 130 valence electrons. The van der Waals surface area contributed by atoms with Crippen LogP contribution in [0.15, 0.2) is 49.1 Å². The van der Waals surface area contributed by atoms with Gasteiger partial charge in [0.1, 0.15) is 0 Å². The Kier molecular flexibility index (Phi) is 4.48. The van der Waals surface area contributed by atoms with Crippen LogP contribution in [0.2, 0.25) is 0 Å². The molecule has 0 radical (unpaired) electrons. The molecule has 1 aromatic carbocycles. The van der Waals surface area contributed by atoms with E-state index in [1.54, 1.807) is 0 Å². The van der Waals surface area contributed by atoms with Gasteiger partial charge in [-0.15, -0.1) is 0 Å². The number of hydrogen-bond donors (Lipinski definition) is 0. The van der Waals surface area contributed by atoms with Gasteiger partial charge < -0.3 is 9.47 Å². The van der Waals surface area contributed by atoms with Crippen LogP contribution >= 0.6 is 0 Å². The SMILES string of the molecule is C=C1CC2(COC(C)(C)OC2)[C@@H](C(C)C)[C@H]1C(=C)c1ccccc1. The maximum absolute atomic E-state index is 6.07. The summed E-state index contributed by atoms with van der Waals surface area (Å²) < 4.78 is 12.1. The molecule has 1 saturated heterocycles. The molecule has 3 rings (SSSR count). The first-order valence-electron chi connectivity index (χ1n) is 8.95. The van der Waals surface area contributed by atoms with E-state index in [4.69, 9.17) is 9.47 Å². The van der Waals surface area contributed by atoms with E-state index in [-0.39, 0.29) is 5.41 Å². The topological polar surface area (TPSA) is 18.5 Å². The van der Waals surface area contributed by atoms with E-state index in [0.29, 0.717) is 17.8 Å². The summed E-state index contributed by atoms with van der Waals surface area (Å²) in [5.41, 5.74) is 3.68. The van der Waals surface area contributed by atoms with Crippen LogP contribution in [0.3, 0.4) is 0 Å². The summed E-state index contributed by atoms with van der Waals surface area (Å²) in [4.78, 5) is 0. The molecule has 1 aliphatic carbocycles. The van der Waals surface area contributed by atoms with Crippen molar-refractivity contribution in [3.63, 3.8) is 0 Å². The Balaban J connectivity index is 1.93. The van der Waals surface area contributed by atoms with Gasteiger partial charge in [-0.1, -0.05) is 62.9 Å². The zero-order valence-electron chi connectivity index (χ0n) is 15.5. The molecule has 1 aliphatic heterocycles. The summed E-state index contributed by atoms with van der Waals surface area (Å²) in [6.45, 7) is 18.9. The van der Waals surface area contributed by atoms with Gasteiger partial charge in [-0.3, -0.25) is 0 Å². The Morgan fingerprint density at radius 3 is 2.25 bits per heavy atom. The third-order valence-corrected chi connectivity index (χ3v) is 5.74. The highest BCUT2D eigenvalue weighted by Gasteiger charge is 2.55. The monoisotopic (exact) mass is 326 g/mol. The van der Waals surface area contributed by atoms with Crippen LogP contribution in [0.4, 0.5) is 0 Å². The molecule has 2 heteroatoms. The molecule has 1 heterocycles. The van der Waals surface area contributed by atoms with E-state index in [1.807, 2.05) is 19.9 Å². The highest BCUT2D eigenvalue weighted by atomic mass is 16.7. The molecule has 2 nitrogen and oxygen atoms in total. The first-order valence-corrected chi connectivity index (χ1v) is 8.95. The summed E-state index contributed by atoms with van der Waals surface area (Å²) in [5, 5.41) is 0. The molecule has 2 atom stereocenters. The Labute approximate surface area is 146 Å². The van der Waals surface area contributed by atoms with E-state index in [2.05, 4.69) is 51.3 Å². The van der Waals surface area contributed by atoms with Crippen molar-refractivity contribution < 1.29 is 9.47 Å². The Morgan fingerprint density at radius 2 is 1.71 bits per heavy atom. The number of allylic oxidation sites excluding steroid dienone is 2. The Bertz CT molecular complexity index is 617. The average molecular weight is 326 g/mol. The third kappa shape index (κ3) is 2.98. The van der Waals surface area contributed by atoms with Crippen molar-refractivity contribution >= 4 is 5.57 Å². The summed E-state index contributed by atoms with van der Waals surface area (Å²) in [5.74, 6) is 0.764. The minimum Gasteiger partial charge on any atom is -0.350 e. The maximum Gasteiger partial charge on any atom is 0.162 e. The first kappa shape index (κ1) is 17.4. The van der Waals surface area contributed by atoms with Crippen LogP contribution in [0.25, 0.3) is 5.57 Å². The van der Waals surface area contributed by atoms with Crippen molar-refractivity contribution in [3.8, 4) is 0 Å². The fraction of sp³-hybridized carbons (Fsp3) is 0.545. The second kappa shape index (κ2) is 6.16. The van der Waals surface area contributed by atoms with Crippen molar-refractivity contribution in [1.82, 2.24) is 0 Å². The van der Waals surface area contributed by atoms with Crippen LogP contribution in [0.1, 0.15) is 39.7 Å². The van der Waals surface area contributed by atoms with Crippen molar-refractivity contribution in [3.05, 3.63) is 54.6 Å². The van der Waals surface area contributed by atoms with Gasteiger partial charge in [-0.25, -0.2) is 0 Å². The van der Waals surface area contributed by atoms with Crippen molar-refractivity contribution in [2.24, 2.45) is 23.2 Å². The molecule has 24 heavy (non-hydrogen) atoms. The standard InChI is InChI=1S/C22H30O2/c1-15(2)20-19(17(4)18-10-8-7-9-11-18)16(3)12-22(20)13-23-21(5,6)24-14-22/h7-11,15,19-20H,3-4,12-14H2,1-2,5-6H3/t19-,20+/m1/s1. The number of hydrogen-bond acceptors (Lipinski definition) is 2. The van der Waals surface area contributed by atoms with E-state index in [9.17, 15) is 0 Å². The smallest absolute Gasteiger partial charge is 0.162 e. The largest absolute Gasteiger partial charge is 0.350 e. The van der Waals surface area contributed by atoms with Crippen LogP contribution < -0.4 is 0 Å². The molecular weight excluding hydrogens is 296 g/mol. The molecule has 2 aliphatic rings. The van der Waals surface area contributed by atoms with Gasteiger partial charge >= 0.3 is 0 Å². The zero-order valence-corrected chi connectivity index (χ0v) is 15.5. The second-order valence-electron chi connectivity index (χ2n) is 8.31. The lowest BCUT2D eigenvalue weighted by molar-refractivity contribution is -0.293. The lowest BCUT2D eigenvalue weighted by atomic mass is 9.68. The third-order valence-electron chi connectivity index (χ3n) is 5.74. The van der Waals surface area contributed by atoms with Crippen LogP contribution in [-0.4, -0.2) is 19.0 Å². The van der Waals surface area contributed by atoms with E-state index < -0.39 is 5.79 Å². The lowest BCUT2D eigenvalue weighted by Crippen LogP contribution is -2.50. The zero-order chi connectivity index (χ0) is 17.5. The molecule has 0 amide bonds. The highest BCUT2D eigenvalue weighted by Crippen LogP contribution is 2.58. The normalized spacial score (nSPS) is 28.5. The quantitative estimate of drug-likeness (QED) is 0.700. The number of ether oxygens (including phenoxy) is 2. The minimum absolute atomic E-state index is 0.0170. The predicted octanol–water partition coefficient (Wildman–Crippen LogP) is 5.32. The minimum atomic E-state index is -0.483. The lowest BCUT2D eigenvalue weighted by Gasteiger charge is -2.46. The summed E-state index contributed by atoms with van der Waals surface area (Å²) in [7, 11) is 0. The van der Waals surface area contributed by atoms with Crippen molar-refractivity contribution in [2.75, 3.05) is 13.2 Å². The summed E-state index contributed by atoms with van der Waals surface area (Å²) in [6, 6.07) is 10.5. The van der Waals surface area contributed by atoms with Gasteiger partial charge in [-0.2, -0.15) is 0 Å². The van der Waals surface area contributed by atoms with Crippen LogP contribution in [-0.2, 0) is 9.47 Å². The van der Waals surface area contributed by atoms with Gasteiger partial charge in [0.2, 0.25) is 0 Å². The predicted molar refractivity (Wildman–Crippen MR) is 99.5 cm³/mol. The summed E-state index contributed by atoms with van der Waals surface area (Å²) in [6.07, 6.45) is 0.961. The highest BCUT2D eigenvalue weighted by molar-refractivity contribution is 5.69. The van der Waals surface area contributed by atoms with E-state index in [0.717, 1.165) is 19.6 Å². The molecule has 0 aromatic heterocycles. The molecule has 2 fully saturated rings. The van der Waals surface area contributed by atoms with Crippen molar-refractivity contribution in [2.45, 2.75) is 39.9 Å². The van der Waals surface area contributed by atoms with Gasteiger partial charge in [0.05, 0.1) is 13.2 Å². The number of rotatable bonds is 3. The fourth-order valence-electron chi connectivity index (χ4n) is 4.69. The van der Waals surface area contributed by atoms with Crippen LogP contribution in [0.5, 0.6) is 0 Å². The van der Waals surface area contributed by atoms with Crippen LogP contribution in [0, 0.1) is 23.2 Å². The Hall–Kier alpha value is -1.38. The van der Waals surface area contributed by atoms with Gasteiger partial charge in [0, 0.05) is 11.3 Å². The molecule has 0 bridgehead atoms.